The van der Waals surface area contributed by atoms with Crippen molar-refractivity contribution in [1.29, 1.82) is 0 Å². The van der Waals surface area contributed by atoms with Crippen LogP contribution in [-0.2, 0) is 10.3 Å². The molecule has 1 aliphatic heterocycles. The van der Waals surface area contributed by atoms with Crippen molar-refractivity contribution < 1.29 is 9.18 Å². The van der Waals surface area contributed by atoms with Crippen LogP contribution in [0, 0.1) is 5.82 Å². The van der Waals surface area contributed by atoms with Crippen LogP contribution in [0.25, 0.3) is 10.6 Å². The first-order valence-corrected chi connectivity index (χ1v) is 10.9. The third-order valence-electron chi connectivity index (χ3n) is 5.32. The standard InChI is InChI=1S/C21H24FN7OS/c1-21(2,17-13(22)5-3-8-25-17)29-20-26-9-12(10-27-20)19-28-15(11-31-19)16(18(23)30)14-6-4-7-24-14/h3,5,8-11,14,16,24H,4,6-7H2,1-2H3,(H2,23,30)(H,26,27,29)/t14-,16?/m0/s1. The van der Waals surface area contributed by atoms with Gasteiger partial charge in [-0.3, -0.25) is 9.78 Å². The van der Waals surface area contributed by atoms with E-state index in [9.17, 15) is 9.18 Å². The molecular weight excluding hydrogens is 417 g/mol. The molecule has 0 spiro atoms. The molecule has 1 amide bonds. The maximum absolute atomic E-state index is 14.1. The number of aromatic nitrogens is 4. The predicted molar refractivity (Wildman–Crippen MR) is 117 cm³/mol. The second-order valence-corrected chi connectivity index (χ2v) is 8.90. The summed E-state index contributed by atoms with van der Waals surface area (Å²) >= 11 is 1.42. The molecule has 1 aliphatic rings. The number of hydrogen-bond donors (Lipinski definition) is 3. The van der Waals surface area contributed by atoms with E-state index in [0.29, 0.717) is 16.6 Å². The third kappa shape index (κ3) is 4.54. The summed E-state index contributed by atoms with van der Waals surface area (Å²) in [5.74, 6) is -0.882. The Morgan fingerprint density at radius 2 is 2.13 bits per heavy atom. The molecule has 8 nitrogen and oxygen atoms in total. The van der Waals surface area contributed by atoms with Gasteiger partial charge in [-0.15, -0.1) is 11.3 Å². The van der Waals surface area contributed by atoms with Crippen LogP contribution in [0.15, 0.2) is 36.1 Å². The first-order valence-electron chi connectivity index (χ1n) is 10.0. The van der Waals surface area contributed by atoms with E-state index in [1.54, 1.807) is 24.7 Å². The Balaban J connectivity index is 1.51. The number of anilines is 1. The lowest BCUT2D eigenvalue weighted by Crippen LogP contribution is -2.37. The number of rotatable bonds is 7. The number of primary amides is 1. The highest BCUT2D eigenvalue weighted by Gasteiger charge is 2.32. The molecule has 0 radical (unpaired) electrons. The Morgan fingerprint density at radius 1 is 1.35 bits per heavy atom. The zero-order valence-electron chi connectivity index (χ0n) is 17.3. The third-order valence-corrected chi connectivity index (χ3v) is 6.23. The first-order chi connectivity index (χ1) is 14.8. The number of thiazole rings is 1. The highest BCUT2D eigenvalue weighted by atomic mass is 32.1. The maximum atomic E-state index is 14.1. The normalized spacial score (nSPS) is 17.5. The van der Waals surface area contributed by atoms with E-state index in [0.717, 1.165) is 24.9 Å². The molecule has 10 heteroatoms. The van der Waals surface area contributed by atoms with Gasteiger partial charge in [0.05, 0.1) is 17.2 Å². The quantitative estimate of drug-likeness (QED) is 0.516. The molecule has 0 aromatic carbocycles. The number of nitrogens with zero attached hydrogens (tertiary/aromatic N) is 4. The fourth-order valence-corrected chi connectivity index (χ4v) is 4.63. The molecule has 3 aromatic rings. The van der Waals surface area contributed by atoms with Crippen LogP contribution in [-0.4, -0.2) is 38.4 Å². The number of carbonyl (C=O) groups is 1. The average molecular weight is 442 g/mol. The van der Waals surface area contributed by atoms with Crippen molar-refractivity contribution >= 4 is 23.2 Å². The molecule has 1 fully saturated rings. The molecule has 0 aliphatic carbocycles. The summed E-state index contributed by atoms with van der Waals surface area (Å²) in [6.07, 6.45) is 6.77. The van der Waals surface area contributed by atoms with Crippen LogP contribution < -0.4 is 16.4 Å². The number of nitrogens with two attached hydrogens (primary N) is 1. The largest absolute Gasteiger partial charge is 0.369 e. The highest BCUT2D eigenvalue weighted by Crippen LogP contribution is 2.31. The first kappa shape index (κ1) is 21.3. The zero-order valence-corrected chi connectivity index (χ0v) is 18.1. The molecule has 31 heavy (non-hydrogen) atoms. The van der Waals surface area contributed by atoms with Gasteiger partial charge in [0.2, 0.25) is 11.9 Å². The minimum Gasteiger partial charge on any atom is -0.369 e. The molecule has 1 saturated heterocycles. The van der Waals surface area contributed by atoms with Crippen LogP contribution in [0.2, 0.25) is 0 Å². The molecule has 0 bridgehead atoms. The van der Waals surface area contributed by atoms with Crippen LogP contribution in [0.1, 0.15) is 44.0 Å². The molecule has 4 N–H and O–H groups in total. The van der Waals surface area contributed by atoms with Crippen LogP contribution in [0.5, 0.6) is 0 Å². The lowest BCUT2D eigenvalue weighted by atomic mass is 9.95. The molecule has 4 rings (SSSR count). The van der Waals surface area contributed by atoms with Crippen LogP contribution >= 0.6 is 11.3 Å². The number of nitrogens with one attached hydrogen (secondary N) is 2. The van der Waals surface area contributed by atoms with E-state index in [1.807, 2.05) is 19.2 Å². The fraction of sp³-hybridized carbons (Fsp3) is 0.381. The van der Waals surface area contributed by atoms with E-state index in [1.165, 1.54) is 17.4 Å². The van der Waals surface area contributed by atoms with Crippen molar-refractivity contribution in [1.82, 2.24) is 25.3 Å². The van der Waals surface area contributed by atoms with Crippen molar-refractivity contribution in [3.63, 3.8) is 0 Å². The summed E-state index contributed by atoms with van der Waals surface area (Å²) in [5.41, 5.74) is 6.53. The van der Waals surface area contributed by atoms with Crippen molar-refractivity contribution in [3.05, 3.63) is 53.3 Å². The van der Waals surface area contributed by atoms with Gasteiger partial charge in [-0.1, -0.05) is 0 Å². The number of amides is 1. The number of carbonyl (C=O) groups excluding carboxylic acids is 1. The lowest BCUT2D eigenvalue weighted by molar-refractivity contribution is -0.120. The van der Waals surface area contributed by atoms with Gasteiger partial charge in [0.1, 0.15) is 16.5 Å². The average Bonchev–Trinajstić information content (AvgIpc) is 3.41. The Morgan fingerprint density at radius 3 is 2.77 bits per heavy atom. The topological polar surface area (TPSA) is 119 Å². The zero-order chi connectivity index (χ0) is 22.0. The molecule has 162 valence electrons. The Bertz CT molecular complexity index is 1060. The van der Waals surface area contributed by atoms with Crippen LogP contribution in [0.3, 0.4) is 0 Å². The maximum Gasteiger partial charge on any atom is 0.228 e. The molecule has 2 atom stereocenters. The van der Waals surface area contributed by atoms with Crippen molar-refractivity contribution in [3.8, 4) is 10.6 Å². The van der Waals surface area contributed by atoms with Crippen molar-refractivity contribution in [2.75, 3.05) is 11.9 Å². The smallest absolute Gasteiger partial charge is 0.228 e. The van der Waals surface area contributed by atoms with Crippen molar-refractivity contribution in [2.45, 2.75) is 44.2 Å². The van der Waals surface area contributed by atoms with Crippen LogP contribution in [0.4, 0.5) is 10.3 Å². The van der Waals surface area contributed by atoms with E-state index >= 15 is 0 Å². The molecule has 0 saturated carbocycles. The summed E-state index contributed by atoms with van der Waals surface area (Å²) in [7, 11) is 0. The van der Waals surface area contributed by atoms with E-state index in [-0.39, 0.29) is 17.6 Å². The summed E-state index contributed by atoms with van der Waals surface area (Å²) in [4.78, 5) is 29.5. The van der Waals surface area contributed by atoms with E-state index in [4.69, 9.17) is 5.73 Å². The number of pyridine rings is 1. The Kier molecular flexibility index (Phi) is 5.92. The molecule has 3 aromatic heterocycles. The SMILES string of the molecule is CC(C)(Nc1ncc(-c2nc(C(C(N)=O)[C@@H]3CCCN3)cs2)cn1)c1ncccc1F. The van der Waals surface area contributed by atoms with Gasteiger partial charge in [0.15, 0.2) is 0 Å². The van der Waals surface area contributed by atoms with Gasteiger partial charge in [-0.05, 0) is 45.4 Å². The van der Waals surface area contributed by atoms with E-state index < -0.39 is 17.3 Å². The lowest BCUT2D eigenvalue weighted by Gasteiger charge is -2.25. The second kappa shape index (κ2) is 8.64. The number of halogens is 1. The Labute approximate surface area is 183 Å². The highest BCUT2D eigenvalue weighted by molar-refractivity contribution is 7.13. The van der Waals surface area contributed by atoms with Gasteiger partial charge in [0, 0.05) is 35.6 Å². The second-order valence-electron chi connectivity index (χ2n) is 8.04. The van der Waals surface area contributed by atoms with Crippen molar-refractivity contribution in [2.24, 2.45) is 5.73 Å². The number of hydrogen-bond acceptors (Lipinski definition) is 8. The fourth-order valence-electron chi connectivity index (χ4n) is 3.80. The monoisotopic (exact) mass is 441 g/mol. The summed E-state index contributed by atoms with van der Waals surface area (Å²) < 4.78 is 14.1. The minimum absolute atomic E-state index is 0.0181. The van der Waals surface area contributed by atoms with Gasteiger partial charge in [-0.25, -0.2) is 19.3 Å². The summed E-state index contributed by atoms with van der Waals surface area (Å²) in [6.45, 7) is 4.50. The molecule has 4 heterocycles. The van der Waals surface area contributed by atoms with Gasteiger partial charge in [0.25, 0.3) is 0 Å². The minimum atomic E-state index is -0.801. The predicted octanol–water partition coefficient (Wildman–Crippen LogP) is 2.80. The molecule has 1 unspecified atom stereocenters. The summed E-state index contributed by atoms with van der Waals surface area (Å²) in [5, 5.41) is 9.02. The van der Waals surface area contributed by atoms with Gasteiger partial charge < -0.3 is 16.4 Å². The molecular formula is C21H24FN7OS. The summed E-state index contributed by atoms with van der Waals surface area (Å²) in [6, 6.07) is 2.94. The van der Waals surface area contributed by atoms with Gasteiger partial charge >= 0.3 is 0 Å². The van der Waals surface area contributed by atoms with E-state index in [2.05, 4.69) is 30.6 Å². The van der Waals surface area contributed by atoms with Gasteiger partial charge in [-0.2, -0.15) is 0 Å². The Hall–Kier alpha value is -2.98.